The van der Waals surface area contributed by atoms with Crippen LogP contribution < -0.4 is 16.0 Å². The Bertz CT molecular complexity index is 74.8. The lowest BCUT2D eigenvalue weighted by molar-refractivity contribution is 0.857. The van der Waals surface area contributed by atoms with Crippen LogP contribution in [0.15, 0.2) is 0 Å². The van der Waals surface area contributed by atoms with Gasteiger partial charge in [-0.05, 0) is 77.8 Å². The third kappa shape index (κ3) is 10.5. The Labute approximate surface area is 103 Å². The predicted octanol–water partition coefficient (Wildman–Crippen LogP) is -0.0745. The Balaban J connectivity index is 0.000000205. The van der Waals surface area contributed by atoms with Gasteiger partial charge in [0.15, 0.2) is 0 Å². The van der Waals surface area contributed by atoms with Gasteiger partial charge >= 0.3 is 0 Å². The molecule has 0 bridgehead atoms. The number of hydrogen-bond acceptors (Lipinski definition) is 3. The molecular formula is C12H30BN3. The van der Waals surface area contributed by atoms with Crippen molar-refractivity contribution in [2.45, 2.75) is 38.5 Å². The van der Waals surface area contributed by atoms with E-state index in [1.165, 1.54) is 77.8 Å². The molecule has 96 valence electrons. The molecule has 0 aromatic heterocycles. The topological polar surface area (TPSA) is 36.1 Å². The monoisotopic (exact) mass is 227 g/mol. The minimum Gasteiger partial charge on any atom is -0.317 e. The summed E-state index contributed by atoms with van der Waals surface area (Å²) in [7, 11) is 0. The first-order chi connectivity index (χ1) is 7.50. The van der Waals surface area contributed by atoms with Gasteiger partial charge in [0.25, 0.3) is 0 Å². The van der Waals surface area contributed by atoms with Crippen LogP contribution in [0.1, 0.15) is 38.5 Å². The van der Waals surface area contributed by atoms with Crippen molar-refractivity contribution in [3.05, 3.63) is 0 Å². The maximum Gasteiger partial charge on any atom is 0.0814 e. The molecule has 0 amide bonds. The Morgan fingerprint density at radius 3 is 0.625 bits per heavy atom. The molecule has 4 heteroatoms. The molecule has 3 rings (SSSR count). The van der Waals surface area contributed by atoms with Gasteiger partial charge in [-0.25, -0.2) is 0 Å². The van der Waals surface area contributed by atoms with Gasteiger partial charge in [-0.1, -0.05) is 0 Å². The van der Waals surface area contributed by atoms with Crippen LogP contribution in [0.25, 0.3) is 0 Å². The molecule has 3 aliphatic rings. The molecule has 3 saturated heterocycles. The van der Waals surface area contributed by atoms with Crippen molar-refractivity contribution in [3.63, 3.8) is 0 Å². The third-order valence-corrected chi connectivity index (χ3v) is 2.87. The fourth-order valence-corrected chi connectivity index (χ4v) is 1.87. The van der Waals surface area contributed by atoms with E-state index >= 15 is 0 Å². The zero-order valence-electron chi connectivity index (χ0n) is 9.99. The first kappa shape index (κ1) is 15.9. The van der Waals surface area contributed by atoms with E-state index in [0.717, 1.165) is 0 Å². The first-order valence-corrected chi connectivity index (χ1v) is 6.62. The molecule has 0 atom stereocenters. The summed E-state index contributed by atoms with van der Waals surface area (Å²) < 4.78 is 0. The summed E-state index contributed by atoms with van der Waals surface area (Å²) in [5.41, 5.74) is 0. The van der Waals surface area contributed by atoms with Gasteiger partial charge in [0, 0.05) is 0 Å². The van der Waals surface area contributed by atoms with Crippen LogP contribution in [0.2, 0.25) is 0 Å². The van der Waals surface area contributed by atoms with Crippen molar-refractivity contribution in [1.82, 2.24) is 16.0 Å². The average molecular weight is 227 g/mol. The lowest BCUT2D eigenvalue weighted by Crippen LogP contribution is -2.03. The molecule has 0 aromatic carbocycles. The molecule has 3 fully saturated rings. The zero-order valence-corrected chi connectivity index (χ0v) is 9.99. The minimum absolute atomic E-state index is 0. The van der Waals surface area contributed by atoms with E-state index in [1.807, 2.05) is 0 Å². The maximum absolute atomic E-state index is 3.22. The highest BCUT2D eigenvalue weighted by Gasteiger charge is 1.94. The smallest absolute Gasteiger partial charge is 0.0814 e. The van der Waals surface area contributed by atoms with Crippen LogP contribution in [-0.2, 0) is 0 Å². The fraction of sp³-hybridized carbons (Fsp3) is 1.00. The summed E-state index contributed by atoms with van der Waals surface area (Å²) in [6, 6.07) is 0. The lowest BCUT2D eigenvalue weighted by atomic mass is 10.4. The molecule has 3 N–H and O–H groups in total. The van der Waals surface area contributed by atoms with Crippen molar-refractivity contribution in [2.24, 2.45) is 0 Å². The van der Waals surface area contributed by atoms with Gasteiger partial charge in [-0.2, -0.15) is 0 Å². The lowest BCUT2D eigenvalue weighted by Gasteiger charge is -1.76. The Kier molecular flexibility index (Phi) is 13.0. The van der Waals surface area contributed by atoms with Crippen LogP contribution in [0.4, 0.5) is 0 Å². The van der Waals surface area contributed by atoms with Crippen molar-refractivity contribution in [2.75, 3.05) is 39.3 Å². The van der Waals surface area contributed by atoms with Gasteiger partial charge < -0.3 is 16.0 Å². The van der Waals surface area contributed by atoms with E-state index in [2.05, 4.69) is 16.0 Å². The molecule has 0 saturated carbocycles. The van der Waals surface area contributed by atoms with E-state index in [1.54, 1.807) is 0 Å². The summed E-state index contributed by atoms with van der Waals surface area (Å²) in [6.45, 7) is 7.50. The Morgan fingerprint density at radius 2 is 0.562 bits per heavy atom. The van der Waals surface area contributed by atoms with Crippen molar-refractivity contribution < 1.29 is 0 Å². The SMILES string of the molecule is B.C1CCNC1.C1CCNC1.C1CCNC1. The molecular weight excluding hydrogens is 197 g/mol. The van der Waals surface area contributed by atoms with E-state index in [9.17, 15) is 0 Å². The number of rotatable bonds is 0. The van der Waals surface area contributed by atoms with Gasteiger partial charge in [0.05, 0.1) is 8.41 Å². The normalized spacial score (nSPS) is 22.5. The molecule has 0 spiro atoms. The second kappa shape index (κ2) is 13.0. The van der Waals surface area contributed by atoms with Crippen LogP contribution >= 0.6 is 0 Å². The standard InChI is InChI=1S/3C4H9N.BH3/c3*1-2-4-5-3-1;/h3*5H,1-4H2;1H3. The zero-order chi connectivity index (χ0) is 10.6. The van der Waals surface area contributed by atoms with Crippen molar-refractivity contribution >= 4 is 8.41 Å². The van der Waals surface area contributed by atoms with Gasteiger partial charge in [-0.15, -0.1) is 0 Å². The van der Waals surface area contributed by atoms with Gasteiger partial charge in [0.2, 0.25) is 0 Å². The molecule has 0 aromatic rings. The van der Waals surface area contributed by atoms with E-state index in [4.69, 9.17) is 0 Å². The van der Waals surface area contributed by atoms with Crippen molar-refractivity contribution in [3.8, 4) is 0 Å². The van der Waals surface area contributed by atoms with Gasteiger partial charge in [0.1, 0.15) is 0 Å². The minimum atomic E-state index is 0. The van der Waals surface area contributed by atoms with Crippen LogP contribution in [0.3, 0.4) is 0 Å². The highest BCUT2D eigenvalue weighted by Crippen LogP contribution is 1.91. The molecule has 3 nitrogen and oxygen atoms in total. The maximum atomic E-state index is 3.22. The second-order valence-electron chi connectivity index (χ2n) is 4.37. The first-order valence-electron chi connectivity index (χ1n) is 6.62. The highest BCUT2D eigenvalue weighted by atomic mass is 14.9. The fourth-order valence-electron chi connectivity index (χ4n) is 1.87. The molecule has 0 radical (unpaired) electrons. The molecule has 3 heterocycles. The summed E-state index contributed by atoms with van der Waals surface area (Å²) in [5, 5.41) is 9.67. The van der Waals surface area contributed by atoms with E-state index in [-0.39, 0.29) is 8.41 Å². The molecule has 3 aliphatic heterocycles. The van der Waals surface area contributed by atoms with Crippen LogP contribution in [0, 0.1) is 0 Å². The van der Waals surface area contributed by atoms with Crippen molar-refractivity contribution in [1.29, 1.82) is 0 Å². The number of hydrogen-bond donors (Lipinski definition) is 3. The van der Waals surface area contributed by atoms with Crippen LogP contribution in [-0.4, -0.2) is 47.7 Å². The summed E-state index contributed by atoms with van der Waals surface area (Å²) in [4.78, 5) is 0. The summed E-state index contributed by atoms with van der Waals surface area (Å²) >= 11 is 0. The third-order valence-electron chi connectivity index (χ3n) is 2.87. The highest BCUT2D eigenvalue weighted by molar-refractivity contribution is 5.75. The second-order valence-corrected chi connectivity index (χ2v) is 4.37. The Morgan fingerprint density at radius 1 is 0.375 bits per heavy atom. The summed E-state index contributed by atoms with van der Waals surface area (Å²) in [5.74, 6) is 0. The summed E-state index contributed by atoms with van der Waals surface area (Å²) in [6.07, 6.45) is 8.33. The molecule has 16 heavy (non-hydrogen) atoms. The van der Waals surface area contributed by atoms with E-state index < -0.39 is 0 Å². The Hall–Kier alpha value is -0.0551. The van der Waals surface area contributed by atoms with Crippen LogP contribution in [0.5, 0.6) is 0 Å². The van der Waals surface area contributed by atoms with Gasteiger partial charge in [-0.3, -0.25) is 0 Å². The molecule has 0 aliphatic carbocycles. The number of nitrogens with one attached hydrogen (secondary N) is 3. The molecule has 0 unspecified atom stereocenters. The quantitative estimate of drug-likeness (QED) is 0.507. The van der Waals surface area contributed by atoms with E-state index in [0.29, 0.717) is 0 Å². The predicted molar refractivity (Wildman–Crippen MR) is 76.3 cm³/mol. The average Bonchev–Trinajstić information content (AvgIpc) is 3.09. The largest absolute Gasteiger partial charge is 0.317 e.